The van der Waals surface area contributed by atoms with Gasteiger partial charge in [-0.2, -0.15) is 0 Å². The van der Waals surface area contributed by atoms with Crippen LogP contribution in [-0.2, 0) is 6.54 Å². The van der Waals surface area contributed by atoms with Gasteiger partial charge < -0.3 is 5.73 Å². The summed E-state index contributed by atoms with van der Waals surface area (Å²) in [6.07, 6.45) is 0. The Balaban J connectivity index is 2.31. The van der Waals surface area contributed by atoms with E-state index in [2.05, 4.69) is 4.98 Å². The summed E-state index contributed by atoms with van der Waals surface area (Å²) in [5.74, 6) is -0.299. The average molecular weight is 301 g/mol. The van der Waals surface area contributed by atoms with Crippen molar-refractivity contribution in [3.05, 3.63) is 64.4 Å². The molecule has 0 unspecified atom stereocenters. The Kier molecular flexibility index (Phi) is 3.62. The normalized spacial score (nSPS) is 11.0. The number of nitrogens with zero attached hydrogens (tertiary/aromatic N) is 1. The third-order valence-electron chi connectivity index (χ3n) is 3.41. The third-order valence-corrected chi connectivity index (χ3v) is 3.70. The van der Waals surface area contributed by atoms with Gasteiger partial charge in [0.25, 0.3) is 0 Å². The molecule has 0 spiro atoms. The molecule has 1 aromatic heterocycles. The lowest BCUT2D eigenvalue weighted by Gasteiger charge is -2.11. The van der Waals surface area contributed by atoms with Gasteiger partial charge in [-0.1, -0.05) is 23.7 Å². The SMILES string of the molecule is Cc1cc(Cl)c2nc(-c3cccc(F)c3)c(CN)cc2c1. The fourth-order valence-electron chi connectivity index (χ4n) is 2.47. The lowest BCUT2D eigenvalue weighted by atomic mass is 10.0. The zero-order chi connectivity index (χ0) is 15.0. The van der Waals surface area contributed by atoms with Crippen molar-refractivity contribution in [1.29, 1.82) is 0 Å². The lowest BCUT2D eigenvalue weighted by molar-refractivity contribution is 0.628. The van der Waals surface area contributed by atoms with Gasteiger partial charge in [-0.15, -0.1) is 0 Å². The van der Waals surface area contributed by atoms with Crippen LogP contribution in [-0.4, -0.2) is 4.98 Å². The van der Waals surface area contributed by atoms with Crippen molar-refractivity contribution in [1.82, 2.24) is 4.98 Å². The van der Waals surface area contributed by atoms with E-state index in [1.807, 2.05) is 31.2 Å². The number of hydrogen-bond acceptors (Lipinski definition) is 2. The zero-order valence-corrected chi connectivity index (χ0v) is 12.3. The summed E-state index contributed by atoms with van der Waals surface area (Å²) in [7, 11) is 0. The average Bonchev–Trinajstić information content (AvgIpc) is 2.45. The molecule has 0 saturated carbocycles. The van der Waals surface area contributed by atoms with Gasteiger partial charge in [0.1, 0.15) is 5.82 Å². The van der Waals surface area contributed by atoms with E-state index < -0.39 is 0 Å². The molecule has 21 heavy (non-hydrogen) atoms. The Morgan fingerprint density at radius 3 is 2.71 bits per heavy atom. The lowest BCUT2D eigenvalue weighted by Crippen LogP contribution is -2.02. The number of rotatable bonds is 2. The van der Waals surface area contributed by atoms with Gasteiger partial charge in [0, 0.05) is 17.5 Å². The molecule has 0 aliphatic heterocycles. The number of nitrogens with two attached hydrogens (primary N) is 1. The van der Waals surface area contributed by atoms with Crippen molar-refractivity contribution < 1.29 is 4.39 Å². The summed E-state index contributed by atoms with van der Waals surface area (Å²) in [5.41, 5.74) is 9.85. The predicted octanol–water partition coefficient (Wildman–Crippen LogP) is 4.46. The monoisotopic (exact) mass is 300 g/mol. The standard InChI is InChI=1S/C17H14ClFN2/c1-10-5-12-7-13(9-20)16(21-17(12)15(18)6-10)11-3-2-4-14(19)8-11/h2-8H,9,20H2,1H3. The number of benzene rings is 2. The number of hydrogen-bond donors (Lipinski definition) is 1. The number of pyridine rings is 1. The van der Waals surface area contributed by atoms with Crippen LogP contribution in [0.15, 0.2) is 42.5 Å². The van der Waals surface area contributed by atoms with Gasteiger partial charge in [0.2, 0.25) is 0 Å². The van der Waals surface area contributed by atoms with Gasteiger partial charge >= 0.3 is 0 Å². The van der Waals surface area contributed by atoms with Crippen LogP contribution in [0.2, 0.25) is 5.02 Å². The molecule has 0 aliphatic rings. The van der Waals surface area contributed by atoms with E-state index in [9.17, 15) is 4.39 Å². The molecule has 2 N–H and O–H groups in total. The van der Waals surface area contributed by atoms with Crippen molar-refractivity contribution in [3.63, 3.8) is 0 Å². The van der Waals surface area contributed by atoms with E-state index in [0.29, 0.717) is 28.3 Å². The molecule has 2 nitrogen and oxygen atoms in total. The molecule has 4 heteroatoms. The maximum atomic E-state index is 13.4. The van der Waals surface area contributed by atoms with Crippen molar-refractivity contribution in [2.24, 2.45) is 5.73 Å². The summed E-state index contributed by atoms with van der Waals surface area (Å²) >= 11 is 6.28. The summed E-state index contributed by atoms with van der Waals surface area (Å²) in [6.45, 7) is 2.31. The Morgan fingerprint density at radius 1 is 1.19 bits per heavy atom. The van der Waals surface area contributed by atoms with E-state index >= 15 is 0 Å². The maximum Gasteiger partial charge on any atom is 0.123 e. The molecular formula is C17H14ClFN2. The van der Waals surface area contributed by atoms with Gasteiger partial charge in [-0.25, -0.2) is 9.37 Å². The largest absolute Gasteiger partial charge is 0.326 e. The highest BCUT2D eigenvalue weighted by atomic mass is 35.5. The molecule has 0 radical (unpaired) electrons. The van der Waals surface area contributed by atoms with Crippen LogP contribution < -0.4 is 5.73 Å². The van der Waals surface area contributed by atoms with E-state index in [1.54, 1.807) is 6.07 Å². The second-order valence-corrected chi connectivity index (χ2v) is 5.44. The topological polar surface area (TPSA) is 38.9 Å². The van der Waals surface area contributed by atoms with Crippen LogP contribution in [0.5, 0.6) is 0 Å². The fourth-order valence-corrected chi connectivity index (χ4v) is 2.79. The minimum Gasteiger partial charge on any atom is -0.326 e. The molecule has 1 heterocycles. The first-order valence-electron chi connectivity index (χ1n) is 6.64. The van der Waals surface area contributed by atoms with Gasteiger partial charge in [-0.3, -0.25) is 0 Å². The Bertz CT molecular complexity index is 830. The molecule has 106 valence electrons. The van der Waals surface area contributed by atoms with Crippen molar-refractivity contribution in [2.45, 2.75) is 13.5 Å². The molecule has 3 rings (SSSR count). The summed E-state index contributed by atoms with van der Waals surface area (Å²) in [5, 5.41) is 1.53. The van der Waals surface area contributed by atoms with Gasteiger partial charge in [0.15, 0.2) is 0 Å². The molecule has 0 amide bonds. The van der Waals surface area contributed by atoms with Crippen molar-refractivity contribution in [2.75, 3.05) is 0 Å². The highest BCUT2D eigenvalue weighted by Crippen LogP contribution is 2.30. The zero-order valence-electron chi connectivity index (χ0n) is 11.5. The predicted molar refractivity (Wildman–Crippen MR) is 84.8 cm³/mol. The Morgan fingerprint density at radius 2 is 2.00 bits per heavy atom. The highest BCUT2D eigenvalue weighted by Gasteiger charge is 2.11. The van der Waals surface area contributed by atoms with E-state index in [0.717, 1.165) is 16.5 Å². The van der Waals surface area contributed by atoms with Crippen molar-refractivity contribution in [3.8, 4) is 11.3 Å². The van der Waals surface area contributed by atoms with Crippen LogP contribution in [0.25, 0.3) is 22.2 Å². The van der Waals surface area contributed by atoms with Crippen molar-refractivity contribution >= 4 is 22.5 Å². The van der Waals surface area contributed by atoms with Crippen LogP contribution >= 0.6 is 11.6 Å². The van der Waals surface area contributed by atoms with E-state index in [-0.39, 0.29) is 5.82 Å². The number of fused-ring (bicyclic) bond motifs is 1. The molecule has 0 atom stereocenters. The first-order chi connectivity index (χ1) is 10.1. The fraction of sp³-hybridized carbons (Fsp3) is 0.118. The highest BCUT2D eigenvalue weighted by molar-refractivity contribution is 6.35. The number of halogens is 2. The first-order valence-corrected chi connectivity index (χ1v) is 7.02. The molecule has 0 fully saturated rings. The molecule has 2 aromatic carbocycles. The van der Waals surface area contributed by atoms with Crippen LogP contribution in [0.1, 0.15) is 11.1 Å². The van der Waals surface area contributed by atoms with Crippen LogP contribution in [0, 0.1) is 12.7 Å². The molecular weight excluding hydrogens is 287 g/mol. The Hall–Kier alpha value is -1.97. The molecule has 3 aromatic rings. The molecule has 0 bridgehead atoms. The first kappa shape index (κ1) is 14.0. The van der Waals surface area contributed by atoms with Crippen LogP contribution in [0.4, 0.5) is 4.39 Å². The van der Waals surface area contributed by atoms with Gasteiger partial charge in [0.05, 0.1) is 16.2 Å². The molecule has 0 aliphatic carbocycles. The molecule has 0 saturated heterocycles. The van der Waals surface area contributed by atoms with E-state index in [4.69, 9.17) is 17.3 Å². The number of aryl methyl sites for hydroxylation is 1. The minimum atomic E-state index is -0.299. The second kappa shape index (κ2) is 5.43. The summed E-state index contributed by atoms with van der Waals surface area (Å²) in [6, 6.07) is 12.2. The maximum absolute atomic E-state index is 13.4. The van der Waals surface area contributed by atoms with Crippen LogP contribution in [0.3, 0.4) is 0 Å². The third kappa shape index (κ3) is 2.62. The smallest absolute Gasteiger partial charge is 0.123 e. The second-order valence-electron chi connectivity index (χ2n) is 5.03. The summed E-state index contributed by atoms with van der Waals surface area (Å²) in [4.78, 5) is 4.62. The quantitative estimate of drug-likeness (QED) is 0.759. The minimum absolute atomic E-state index is 0.299. The van der Waals surface area contributed by atoms with Gasteiger partial charge in [-0.05, 0) is 48.4 Å². The number of aromatic nitrogens is 1. The Labute approximate surface area is 127 Å². The summed E-state index contributed by atoms with van der Waals surface area (Å²) < 4.78 is 13.4. The van der Waals surface area contributed by atoms with E-state index in [1.165, 1.54) is 12.1 Å².